The second kappa shape index (κ2) is 4.40. The minimum Gasteiger partial charge on any atom is -0.381 e. The van der Waals surface area contributed by atoms with Gasteiger partial charge in [0, 0.05) is 14.7 Å². The van der Waals surface area contributed by atoms with Crippen molar-refractivity contribution in [3.8, 4) is 11.3 Å². The van der Waals surface area contributed by atoms with Crippen LogP contribution in [0.25, 0.3) is 11.3 Å². The zero-order chi connectivity index (χ0) is 11.7. The summed E-state index contributed by atoms with van der Waals surface area (Å²) in [6.45, 7) is 1.97. The Hall–Kier alpha value is -1.11. The van der Waals surface area contributed by atoms with Crippen molar-refractivity contribution in [3.63, 3.8) is 0 Å². The number of aromatic nitrogens is 1. The standard InChI is InChI=1S/C11H10FIN2O/c1-2-7-10(16-15-11(7)14)8-4-3-6(12)5-9(8)13/h3-5H,2H2,1H3,(H2,14,15). The Bertz CT molecular complexity index is 525. The van der Waals surface area contributed by atoms with Crippen LogP contribution >= 0.6 is 22.6 Å². The third-order valence-electron chi connectivity index (χ3n) is 2.35. The summed E-state index contributed by atoms with van der Waals surface area (Å²) in [5, 5.41) is 3.73. The molecule has 2 rings (SSSR count). The number of nitrogens with two attached hydrogens (primary N) is 1. The third-order valence-corrected chi connectivity index (χ3v) is 3.24. The molecule has 0 unspecified atom stereocenters. The Morgan fingerprint density at radius 1 is 1.50 bits per heavy atom. The van der Waals surface area contributed by atoms with Gasteiger partial charge in [0.1, 0.15) is 5.82 Å². The maximum Gasteiger partial charge on any atom is 0.173 e. The highest BCUT2D eigenvalue weighted by Crippen LogP contribution is 2.31. The number of rotatable bonds is 2. The van der Waals surface area contributed by atoms with Crippen molar-refractivity contribution in [1.29, 1.82) is 0 Å². The van der Waals surface area contributed by atoms with Crippen LogP contribution in [0.1, 0.15) is 12.5 Å². The molecule has 84 valence electrons. The van der Waals surface area contributed by atoms with Crippen LogP contribution in [0, 0.1) is 9.39 Å². The van der Waals surface area contributed by atoms with Gasteiger partial charge in [-0.15, -0.1) is 0 Å². The van der Waals surface area contributed by atoms with E-state index in [4.69, 9.17) is 10.3 Å². The second-order valence-electron chi connectivity index (χ2n) is 3.35. The van der Waals surface area contributed by atoms with Crippen molar-refractivity contribution >= 4 is 28.4 Å². The van der Waals surface area contributed by atoms with Gasteiger partial charge in [-0.2, -0.15) is 0 Å². The molecule has 3 nitrogen and oxygen atoms in total. The molecule has 0 spiro atoms. The third kappa shape index (κ3) is 1.91. The van der Waals surface area contributed by atoms with Crippen LogP contribution in [-0.4, -0.2) is 5.16 Å². The molecule has 0 radical (unpaired) electrons. The molecule has 0 aliphatic heterocycles. The maximum atomic E-state index is 13.0. The molecular formula is C11H10FIN2O. The van der Waals surface area contributed by atoms with E-state index in [1.165, 1.54) is 12.1 Å². The van der Waals surface area contributed by atoms with E-state index in [0.717, 1.165) is 21.1 Å². The molecule has 0 bridgehead atoms. The Balaban J connectivity index is 2.58. The van der Waals surface area contributed by atoms with Gasteiger partial charge in [0.2, 0.25) is 0 Å². The molecule has 0 atom stereocenters. The molecule has 1 aromatic carbocycles. The fraction of sp³-hybridized carbons (Fsp3) is 0.182. The number of benzene rings is 1. The highest BCUT2D eigenvalue weighted by molar-refractivity contribution is 14.1. The van der Waals surface area contributed by atoms with Crippen LogP contribution in [0.5, 0.6) is 0 Å². The van der Waals surface area contributed by atoms with Crippen LogP contribution in [0.15, 0.2) is 22.7 Å². The molecule has 0 aliphatic rings. The molecular weight excluding hydrogens is 322 g/mol. The van der Waals surface area contributed by atoms with Crippen LogP contribution in [0.4, 0.5) is 10.2 Å². The van der Waals surface area contributed by atoms with Crippen molar-refractivity contribution in [3.05, 3.63) is 33.1 Å². The molecule has 5 heteroatoms. The second-order valence-corrected chi connectivity index (χ2v) is 4.52. The SMILES string of the molecule is CCc1c(N)noc1-c1ccc(F)cc1I. The van der Waals surface area contributed by atoms with Crippen LogP contribution in [-0.2, 0) is 6.42 Å². The lowest BCUT2D eigenvalue weighted by atomic mass is 10.1. The normalized spacial score (nSPS) is 10.7. The first-order valence-electron chi connectivity index (χ1n) is 4.83. The first kappa shape index (κ1) is 11.4. The van der Waals surface area contributed by atoms with Gasteiger partial charge in [0.25, 0.3) is 0 Å². The maximum absolute atomic E-state index is 13.0. The smallest absolute Gasteiger partial charge is 0.173 e. The summed E-state index contributed by atoms with van der Waals surface area (Å²) < 4.78 is 18.9. The zero-order valence-electron chi connectivity index (χ0n) is 8.63. The van der Waals surface area contributed by atoms with Crippen molar-refractivity contribution in [2.24, 2.45) is 0 Å². The molecule has 16 heavy (non-hydrogen) atoms. The number of halogens is 2. The lowest BCUT2D eigenvalue weighted by Crippen LogP contribution is -1.92. The van der Waals surface area contributed by atoms with Gasteiger partial charge < -0.3 is 10.3 Å². The largest absolute Gasteiger partial charge is 0.381 e. The van der Waals surface area contributed by atoms with Crippen LogP contribution < -0.4 is 5.73 Å². The minimum atomic E-state index is -0.265. The van der Waals surface area contributed by atoms with Gasteiger partial charge in [-0.1, -0.05) is 12.1 Å². The number of hydrogen-bond donors (Lipinski definition) is 1. The Kier molecular flexibility index (Phi) is 3.13. The van der Waals surface area contributed by atoms with Gasteiger partial charge in [-0.3, -0.25) is 0 Å². The fourth-order valence-electron chi connectivity index (χ4n) is 1.55. The van der Waals surface area contributed by atoms with E-state index in [2.05, 4.69) is 27.7 Å². The molecule has 1 heterocycles. The predicted molar refractivity (Wildman–Crippen MR) is 68.4 cm³/mol. The van der Waals surface area contributed by atoms with E-state index in [-0.39, 0.29) is 5.82 Å². The summed E-state index contributed by atoms with van der Waals surface area (Å²) in [4.78, 5) is 0. The van der Waals surface area contributed by atoms with E-state index in [1.807, 2.05) is 6.92 Å². The van der Waals surface area contributed by atoms with Gasteiger partial charge >= 0.3 is 0 Å². The van der Waals surface area contributed by atoms with Gasteiger partial charge in [-0.25, -0.2) is 4.39 Å². The molecule has 0 saturated carbocycles. The van der Waals surface area contributed by atoms with Gasteiger partial charge in [-0.05, 0) is 47.2 Å². The summed E-state index contributed by atoms with van der Waals surface area (Å²) in [6, 6.07) is 4.53. The molecule has 1 aromatic heterocycles. The quantitative estimate of drug-likeness (QED) is 0.859. The summed E-state index contributed by atoms with van der Waals surface area (Å²) in [5.74, 6) is 0.765. The first-order chi connectivity index (χ1) is 7.63. The topological polar surface area (TPSA) is 52.0 Å². The van der Waals surface area contributed by atoms with E-state index < -0.39 is 0 Å². The Morgan fingerprint density at radius 2 is 2.25 bits per heavy atom. The molecule has 2 N–H and O–H groups in total. The summed E-state index contributed by atoms with van der Waals surface area (Å²) in [5.41, 5.74) is 7.38. The molecule has 2 aromatic rings. The Labute approximate surface area is 106 Å². The number of anilines is 1. The van der Waals surface area contributed by atoms with Gasteiger partial charge in [0.05, 0.1) is 0 Å². The van der Waals surface area contributed by atoms with Gasteiger partial charge in [0.15, 0.2) is 11.6 Å². The predicted octanol–water partition coefficient (Wildman–Crippen LogP) is 3.23. The van der Waals surface area contributed by atoms with Crippen molar-refractivity contribution in [2.75, 3.05) is 5.73 Å². The molecule has 0 aliphatic carbocycles. The fourth-order valence-corrected chi connectivity index (χ4v) is 2.27. The van der Waals surface area contributed by atoms with Crippen LogP contribution in [0.3, 0.4) is 0 Å². The van der Waals surface area contributed by atoms with E-state index in [0.29, 0.717) is 11.6 Å². The number of nitrogens with zero attached hydrogens (tertiary/aromatic N) is 1. The number of hydrogen-bond acceptors (Lipinski definition) is 3. The average molecular weight is 332 g/mol. The molecule has 0 fully saturated rings. The minimum absolute atomic E-state index is 0.265. The highest BCUT2D eigenvalue weighted by Gasteiger charge is 2.16. The lowest BCUT2D eigenvalue weighted by Gasteiger charge is -2.02. The first-order valence-corrected chi connectivity index (χ1v) is 5.90. The van der Waals surface area contributed by atoms with E-state index in [9.17, 15) is 4.39 Å². The monoisotopic (exact) mass is 332 g/mol. The molecule has 0 amide bonds. The summed E-state index contributed by atoms with van der Waals surface area (Å²) in [6.07, 6.45) is 0.734. The number of nitrogen functional groups attached to an aromatic ring is 1. The van der Waals surface area contributed by atoms with Crippen molar-refractivity contribution in [1.82, 2.24) is 5.16 Å². The highest BCUT2D eigenvalue weighted by atomic mass is 127. The van der Waals surface area contributed by atoms with E-state index in [1.54, 1.807) is 6.07 Å². The zero-order valence-corrected chi connectivity index (χ0v) is 10.8. The summed E-state index contributed by atoms with van der Waals surface area (Å²) in [7, 11) is 0. The van der Waals surface area contributed by atoms with Crippen molar-refractivity contribution < 1.29 is 8.91 Å². The Morgan fingerprint density at radius 3 is 2.88 bits per heavy atom. The summed E-state index contributed by atoms with van der Waals surface area (Å²) >= 11 is 2.06. The van der Waals surface area contributed by atoms with Crippen molar-refractivity contribution in [2.45, 2.75) is 13.3 Å². The molecule has 0 saturated heterocycles. The van der Waals surface area contributed by atoms with E-state index >= 15 is 0 Å². The average Bonchev–Trinajstić information content (AvgIpc) is 2.59. The lowest BCUT2D eigenvalue weighted by molar-refractivity contribution is 0.434. The van der Waals surface area contributed by atoms with Crippen LogP contribution in [0.2, 0.25) is 0 Å².